The Morgan fingerprint density at radius 2 is 1.96 bits per heavy atom. The van der Waals surface area contributed by atoms with Gasteiger partial charge in [-0.15, -0.1) is 0 Å². The fourth-order valence-corrected chi connectivity index (χ4v) is 2.70. The van der Waals surface area contributed by atoms with E-state index in [0.29, 0.717) is 36.1 Å². The van der Waals surface area contributed by atoms with Crippen LogP contribution in [0.15, 0.2) is 12.1 Å². The van der Waals surface area contributed by atoms with E-state index in [1.54, 1.807) is 13.2 Å². The van der Waals surface area contributed by atoms with Gasteiger partial charge in [0.2, 0.25) is 5.91 Å². The zero-order valence-electron chi connectivity index (χ0n) is 15.5. The number of amides is 1. The molecule has 0 spiro atoms. The Bertz CT molecular complexity index is 592. The molecule has 0 aliphatic heterocycles. The summed E-state index contributed by atoms with van der Waals surface area (Å²) in [6.45, 7) is 3.15. The van der Waals surface area contributed by atoms with E-state index in [9.17, 15) is 9.59 Å². The van der Waals surface area contributed by atoms with Gasteiger partial charge in [0.05, 0.1) is 25.2 Å². The molecular weight excluding hydrogens is 358 g/mol. The van der Waals surface area contributed by atoms with Gasteiger partial charge in [0.15, 0.2) is 11.5 Å². The summed E-state index contributed by atoms with van der Waals surface area (Å²) < 4.78 is 11.2. The van der Waals surface area contributed by atoms with Crippen LogP contribution in [0.25, 0.3) is 0 Å². The Morgan fingerprint density at radius 3 is 2.62 bits per heavy atom. The zero-order chi connectivity index (χ0) is 19.4. The van der Waals surface area contributed by atoms with E-state index in [0.717, 1.165) is 18.4 Å². The van der Waals surface area contributed by atoms with E-state index in [1.807, 2.05) is 6.07 Å². The maximum atomic E-state index is 11.5. The number of hydrogen-bond donors (Lipinski definition) is 2. The van der Waals surface area contributed by atoms with Crippen LogP contribution >= 0.6 is 11.6 Å². The Kier molecular flexibility index (Phi) is 10.5. The van der Waals surface area contributed by atoms with Crippen molar-refractivity contribution in [3.8, 4) is 11.5 Å². The van der Waals surface area contributed by atoms with Crippen molar-refractivity contribution in [1.29, 1.82) is 0 Å². The normalized spacial score (nSPS) is 10.4. The standard InChI is InChI=1S/C19H28ClNO5/c1-3-4-5-6-11-26-19-15(20)12-14(13-16(19)25-2)9-10-21-17(22)7-8-18(23)24/h12-13H,3-11H2,1-2H3,(H,21,22)(H,23,24). The number of unbranched alkanes of at least 4 members (excludes halogenated alkanes) is 3. The van der Waals surface area contributed by atoms with E-state index < -0.39 is 5.97 Å². The minimum absolute atomic E-state index is 0.0236. The van der Waals surface area contributed by atoms with Gasteiger partial charge in [0.25, 0.3) is 0 Å². The number of aliphatic carboxylic acids is 1. The molecule has 0 aromatic heterocycles. The maximum Gasteiger partial charge on any atom is 0.303 e. The van der Waals surface area contributed by atoms with Crippen molar-refractivity contribution in [3.63, 3.8) is 0 Å². The van der Waals surface area contributed by atoms with Crippen LogP contribution < -0.4 is 14.8 Å². The number of nitrogens with one attached hydrogen (secondary N) is 1. The molecule has 0 fully saturated rings. The summed E-state index contributed by atoms with van der Waals surface area (Å²) in [5.41, 5.74) is 0.906. The second kappa shape index (κ2) is 12.4. The molecule has 0 atom stereocenters. The van der Waals surface area contributed by atoms with Gasteiger partial charge in [0.1, 0.15) is 0 Å². The maximum absolute atomic E-state index is 11.5. The van der Waals surface area contributed by atoms with Gasteiger partial charge >= 0.3 is 5.97 Å². The molecule has 0 aliphatic carbocycles. The largest absolute Gasteiger partial charge is 0.493 e. The lowest BCUT2D eigenvalue weighted by molar-refractivity contribution is -0.138. The van der Waals surface area contributed by atoms with Crippen molar-refractivity contribution < 1.29 is 24.2 Å². The molecule has 0 saturated heterocycles. The predicted octanol–water partition coefficient (Wildman–Crippen LogP) is 3.83. The number of carbonyl (C=O) groups excluding carboxylic acids is 1. The predicted molar refractivity (Wildman–Crippen MR) is 101 cm³/mol. The third kappa shape index (κ3) is 8.43. The van der Waals surface area contributed by atoms with Crippen LogP contribution in [0.3, 0.4) is 0 Å². The topological polar surface area (TPSA) is 84.9 Å². The molecule has 6 nitrogen and oxygen atoms in total. The highest BCUT2D eigenvalue weighted by atomic mass is 35.5. The Morgan fingerprint density at radius 1 is 1.19 bits per heavy atom. The summed E-state index contributed by atoms with van der Waals surface area (Å²) in [7, 11) is 1.56. The molecule has 1 rings (SSSR count). The van der Waals surface area contributed by atoms with Crippen molar-refractivity contribution in [2.75, 3.05) is 20.3 Å². The molecule has 1 aromatic carbocycles. The average molecular weight is 386 g/mol. The van der Waals surface area contributed by atoms with Crippen LogP contribution in [-0.4, -0.2) is 37.2 Å². The third-order valence-electron chi connectivity index (χ3n) is 3.84. The van der Waals surface area contributed by atoms with Crippen molar-refractivity contribution in [2.45, 2.75) is 51.9 Å². The molecule has 1 aromatic rings. The van der Waals surface area contributed by atoms with E-state index in [2.05, 4.69) is 12.2 Å². The molecule has 7 heteroatoms. The molecule has 0 bridgehead atoms. The van der Waals surface area contributed by atoms with Crippen LogP contribution in [0, 0.1) is 0 Å². The second-order valence-electron chi connectivity index (χ2n) is 6.01. The molecule has 26 heavy (non-hydrogen) atoms. The molecule has 0 aliphatic rings. The first kappa shape index (κ1) is 22.1. The fraction of sp³-hybridized carbons (Fsp3) is 0.579. The molecule has 1 amide bonds. The van der Waals surface area contributed by atoms with Crippen LogP contribution in [0.4, 0.5) is 0 Å². The number of carboxylic acids is 1. The lowest BCUT2D eigenvalue weighted by Crippen LogP contribution is -2.26. The Hall–Kier alpha value is -1.95. The van der Waals surface area contributed by atoms with E-state index in [4.69, 9.17) is 26.2 Å². The van der Waals surface area contributed by atoms with Gasteiger partial charge < -0.3 is 19.9 Å². The highest BCUT2D eigenvalue weighted by Crippen LogP contribution is 2.36. The Labute approximate surface area is 159 Å². The van der Waals surface area contributed by atoms with Gasteiger partial charge in [0, 0.05) is 13.0 Å². The van der Waals surface area contributed by atoms with Crippen LogP contribution in [0.1, 0.15) is 51.0 Å². The molecule has 0 unspecified atom stereocenters. The van der Waals surface area contributed by atoms with Crippen LogP contribution in [0.5, 0.6) is 11.5 Å². The lowest BCUT2D eigenvalue weighted by atomic mass is 10.1. The van der Waals surface area contributed by atoms with Gasteiger partial charge in [-0.05, 0) is 30.5 Å². The SMILES string of the molecule is CCCCCCOc1c(Cl)cc(CCNC(=O)CCC(=O)O)cc1OC. The number of benzene rings is 1. The smallest absolute Gasteiger partial charge is 0.303 e. The van der Waals surface area contributed by atoms with Crippen molar-refractivity contribution in [3.05, 3.63) is 22.7 Å². The molecule has 0 radical (unpaired) electrons. The molecule has 2 N–H and O–H groups in total. The molecular formula is C19H28ClNO5. The number of rotatable bonds is 13. The van der Waals surface area contributed by atoms with Crippen LogP contribution in [0.2, 0.25) is 5.02 Å². The van der Waals surface area contributed by atoms with E-state index in [1.165, 1.54) is 12.8 Å². The lowest BCUT2D eigenvalue weighted by Gasteiger charge is -2.14. The van der Waals surface area contributed by atoms with E-state index in [-0.39, 0.29) is 18.7 Å². The van der Waals surface area contributed by atoms with Gasteiger partial charge in [-0.3, -0.25) is 9.59 Å². The van der Waals surface area contributed by atoms with Crippen molar-refractivity contribution >= 4 is 23.5 Å². The second-order valence-corrected chi connectivity index (χ2v) is 6.42. The summed E-state index contributed by atoms with van der Waals surface area (Å²) in [5, 5.41) is 11.7. The number of methoxy groups -OCH3 is 1. The van der Waals surface area contributed by atoms with E-state index >= 15 is 0 Å². The van der Waals surface area contributed by atoms with Crippen LogP contribution in [-0.2, 0) is 16.0 Å². The number of hydrogen-bond acceptors (Lipinski definition) is 4. The molecule has 0 saturated carbocycles. The number of ether oxygens (including phenoxy) is 2. The highest BCUT2D eigenvalue weighted by molar-refractivity contribution is 6.32. The summed E-state index contributed by atoms with van der Waals surface area (Å²) in [6, 6.07) is 3.64. The highest BCUT2D eigenvalue weighted by Gasteiger charge is 2.12. The van der Waals surface area contributed by atoms with Crippen molar-refractivity contribution in [2.24, 2.45) is 0 Å². The summed E-state index contributed by atoms with van der Waals surface area (Å²) in [4.78, 5) is 22.0. The monoisotopic (exact) mass is 385 g/mol. The summed E-state index contributed by atoms with van der Waals surface area (Å²) >= 11 is 6.32. The minimum atomic E-state index is -0.984. The van der Waals surface area contributed by atoms with Crippen molar-refractivity contribution in [1.82, 2.24) is 5.32 Å². The Balaban J connectivity index is 2.53. The first-order valence-corrected chi connectivity index (χ1v) is 9.33. The van der Waals surface area contributed by atoms with Gasteiger partial charge in [-0.25, -0.2) is 0 Å². The summed E-state index contributed by atoms with van der Waals surface area (Å²) in [6.07, 6.45) is 4.82. The van der Waals surface area contributed by atoms with Gasteiger partial charge in [-0.1, -0.05) is 37.8 Å². The summed E-state index contributed by atoms with van der Waals surface area (Å²) in [5.74, 6) is -0.153. The first-order chi connectivity index (χ1) is 12.5. The molecule has 146 valence electrons. The zero-order valence-corrected chi connectivity index (χ0v) is 16.2. The molecule has 0 heterocycles. The van der Waals surface area contributed by atoms with Gasteiger partial charge in [-0.2, -0.15) is 0 Å². The average Bonchev–Trinajstić information content (AvgIpc) is 2.60. The quantitative estimate of drug-likeness (QED) is 0.504. The fourth-order valence-electron chi connectivity index (χ4n) is 2.42. The first-order valence-electron chi connectivity index (χ1n) is 8.95. The third-order valence-corrected chi connectivity index (χ3v) is 4.12. The number of carboxylic acid groups (broad SMARTS) is 1. The minimum Gasteiger partial charge on any atom is -0.493 e. The number of carbonyl (C=O) groups is 2. The number of halogens is 1.